The summed E-state index contributed by atoms with van der Waals surface area (Å²) < 4.78 is 31.5. The first-order valence-corrected chi connectivity index (χ1v) is 20.5. The van der Waals surface area contributed by atoms with E-state index in [1.165, 1.54) is 30.4 Å². The number of nitrogens with one attached hydrogen (secondary N) is 4. The molecule has 0 saturated heterocycles. The highest BCUT2D eigenvalue weighted by atomic mass is 32.2. The van der Waals surface area contributed by atoms with E-state index in [9.17, 15) is 28.8 Å². The summed E-state index contributed by atoms with van der Waals surface area (Å²) in [5.41, 5.74) is 0. The minimum Gasteiger partial charge on any atom is -0.383 e. The molecular weight excluding hydrogens is 733 g/mol. The lowest BCUT2D eigenvalue weighted by Crippen LogP contribution is -2.34. The Morgan fingerprint density at radius 3 is 1.57 bits per heavy atom. The Morgan fingerprint density at radius 1 is 0.528 bits per heavy atom. The van der Waals surface area contributed by atoms with E-state index in [-0.39, 0.29) is 72.7 Å². The molecule has 0 spiro atoms. The number of hydrogen-bond donors (Lipinski definition) is 4. The molecule has 1 atom stereocenters. The van der Waals surface area contributed by atoms with Crippen LogP contribution in [0.2, 0.25) is 0 Å². The van der Waals surface area contributed by atoms with Crippen LogP contribution in [-0.2, 0) is 57.2 Å². The van der Waals surface area contributed by atoms with Gasteiger partial charge in [-0.1, -0.05) is 6.42 Å². The zero-order valence-corrected chi connectivity index (χ0v) is 33.6. The first-order chi connectivity index (χ1) is 25.7. The van der Waals surface area contributed by atoms with Crippen LogP contribution in [-0.4, -0.2) is 165 Å². The Hall–Kier alpha value is -2.32. The number of carbonyl (C=O) groups excluding carboxylic acids is 6. The maximum atomic E-state index is 13.1. The second-order valence-electron chi connectivity index (χ2n) is 11.8. The van der Waals surface area contributed by atoms with E-state index in [0.717, 1.165) is 0 Å². The summed E-state index contributed by atoms with van der Waals surface area (Å²) in [5, 5.41) is 11.2. The third-order valence-electron chi connectivity index (χ3n) is 7.13. The van der Waals surface area contributed by atoms with Crippen LogP contribution < -0.4 is 21.3 Å². The van der Waals surface area contributed by atoms with Gasteiger partial charge in [-0.15, -0.1) is 0 Å². The lowest BCUT2D eigenvalue weighted by molar-refractivity contribution is -0.129. The van der Waals surface area contributed by atoms with Crippen molar-refractivity contribution in [2.24, 2.45) is 5.92 Å². The van der Waals surface area contributed by atoms with Crippen molar-refractivity contribution < 1.29 is 57.2 Å². The van der Waals surface area contributed by atoms with Gasteiger partial charge in [0.15, 0.2) is 0 Å². The van der Waals surface area contributed by atoms with Crippen LogP contribution in [0.4, 0.5) is 0 Å². The van der Waals surface area contributed by atoms with Crippen molar-refractivity contribution in [2.75, 3.05) is 129 Å². The van der Waals surface area contributed by atoms with Crippen molar-refractivity contribution in [3.8, 4) is 0 Å². The molecule has 0 aromatic carbocycles. The van der Waals surface area contributed by atoms with Crippen molar-refractivity contribution in [3.05, 3.63) is 0 Å². The molecule has 0 saturated carbocycles. The Morgan fingerprint density at radius 2 is 1.02 bits per heavy atom. The molecule has 0 aliphatic heterocycles. The number of hydrogen-bond acceptors (Lipinski definition) is 14. The second kappa shape index (κ2) is 38.0. The molecule has 0 heterocycles. The van der Waals surface area contributed by atoms with Gasteiger partial charge in [0.25, 0.3) is 0 Å². The zero-order chi connectivity index (χ0) is 39.2. The van der Waals surface area contributed by atoms with Gasteiger partial charge in [0.05, 0.1) is 77.6 Å². The Balaban J connectivity index is 4.39. The van der Waals surface area contributed by atoms with Crippen molar-refractivity contribution in [3.63, 3.8) is 0 Å². The van der Waals surface area contributed by atoms with Crippen LogP contribution in [0, 0.1) is 5.92 Å². The van der Waals surface area contributed by atoms with Gasteiger partial charge >= 0.3 is 0 Å². The summed E-state index contributed by atoms with van der Waals surface area (Å²) in [6.45, 7) is 7.10. The highest BCUT2D eigenvalue weighted by Crippen LogP contribution is 2.16. The van der Waals surface area contributed by atoms with Gasteiger partial charge in [0.2, 0.25) is 23.6 Å². The van der Waals surface area contributed by atoms with Crippen LogP contribution >= 0.6 is 23.5 Å². The molecule has 18 heteroatoms. The number of unbranched alkanes of at least 4 members (excludes halogenated alkanes) is 1. The molecule has 0 aliphatic carbocycles. The summed E-state index contributed by atoms with van der Waals surface area (Å²) in [6, 6.07) is 0. The predicted octanol–water partition coefficient (Wildman–Crippen LogP) is 0.782. The van der Waals surface area contributed by atoms with Crippen LogP contribution in [0.5, 0.6) is 0 Å². The fourth-order valence-electron chi connectivity index (χ4n) is 4.27. The number of carbonyl (C=O) groups is 6. The molecule has 0 aromatic heterocycles. The van der Waals surface area contributed by atoms with Gasteiger partial charge in [-0.3, -0.25) is 28.8 Å². The van der Waals surface area contributed by atoms with Gasteiger partial charge in [0.1, 0.15) is 11.6 Å². The Labute approximate surface area is 323 Å². The van der Waals surface area contributed by atoms with Crippen molar-refractivity contribution in [1.29, 1.82) is 0 Å². The Bertz CT molecular complexity index is 997. The standard InChI is InChI=1S/C35H64N4O12S2/c1-29(40)7-14-48-18-20-50-22-23-51-21-19-49-17-13-39-35(45)30(26-31(41)8-24-52-27-33(43)37-11-15-46-2)6-4-5-10-36-32(42)9-25-53-28-34(44)38-12-16-47-3/h30H,4-28H2,1-3H3,(H,36,42)(H,37,43)(H,38,44)(H,39,45)/t30-/m1/s1. The number of amides is 4. The first kappa shape index (κ1) is 50.7. The molecule has 0 aliphatic rings. The van der Waals surface area contributed by atoms with Crippen LogP contribution in [0.25, 0.3) is 0 Å². The number of ketones is 2. The van der Waals surface area contributed by atoms with E-state index in [0.29, 0.717) is 123 Å². The van der Waals surface area contributed by atoms with E-state index in [4.69, 9.17) is 28.4 Å². The number of ether oxygens (including phenoxy) is 6. The minimum atomic E-state index is -0.519. The highest BCUT2D eigenvalue weighted by Gasteiger charge is 2.21. The Kier molecular flexibility index (Phi) is 36.3. The molecular formula is C35H64N4O12S2. The predicted molar refractivity (Wildman–Crippen MR) is 205 cm³/mol. The molecule has 0 fully saturated rings. The fourth-order valence-corrected chi connectivity index (χ4v) is 5.84. The molecule has 0 rings (SSSR count). The molecule has 4 N–H and O–H groups in total. The number of Topliss-reactive ketones (excluding diaryl/α,β-unsaturated/α-hetero) is 2. The SMILES string of the molecule is COCCNC(=O)CSCCC(=O)C[C@@H](CCCCNC(=O)CCSCC(=O)NCCOC)C(=O)NCCOCCOCCOCCOCCC(C)=O. The number of methoxy groups -OCH3 is 2. The third-order valence-corrected chi connectivity index (χ3v) is 9.05. The molecule has 0 unspecified atom stereocenters. The molecule has 16 nitrogen and oxygen atoms in total. The summed E-state index contributed by atoms with van der Waals surface area (Å²) in [4.78, 5) is 72.5. The number of rotatable bonds is 39. The van der Waals surface area contributed by atoms with Gasteiger partial charge in [-0.05, 0) is 19.8 Å². The highest BCUT2D eigenvalue weighted by molar-refractivity contribution is 8.00. The van der Waals surface area contributed by atoms with E-state index in [2.05, 4.69) is 21.3 Å². The maximum Gasteiger partial charge on any atom is 0.230 e. The van der Waals surface area contributed by atoms with Gasteiger partial charge in [-0.25, -0.2) is 0 Å². The van der Waals surface area contributed by atoms with Crippen molar-refractivity contribution in [2.45, 2.75) is 51.9 Å². The first-order valence-electron chi connectivity index (χ1n) is 18.2. The summed E-state index contributed by atoms with van der Waals surface area (Å²) in [7, 11) is 3.12. The average Bonchev–Trinajstić information content (AvgIpc) is 3.12. The van der Waals surface area contributed by atoms with Gasteiger partial charge in [0, 0.05) is 83.5 Å². The molecule has 0 bridgehead atoms. The topological polar surface area (TPSA) is 206 Å². The number of thioether (sulfide) groups is 2. The van der Waals surface area contributed by atoms with E-state index in [1.807, 2.05) is 0 Å². The van der Waals surface area contributed by atoms with Crippen LogP contribution in [0.1, 0.15) is 51.9 Å². The third kappa shape index (κ3) is 36.4. The minimum absolute atomic E-state index is 0.0477. The zero-order valence-electron chi connectivity index (χ0n) is 32.0. The van der Waals surface area contributed by atoms with Crippen molar-refractivity contribution >= 4 is 58.7 Å². The smallest absolute Gasteiger partial charge is 0.230 e. The van der Waals surface area contributed by atoms with Gasteiger partial charge in [-0.2, -0.15) is 23.5 Å². The largest absolute Gasteiger partial charge is 0.383 e. The quantitative estimate of drug-likeness (QED) is 0.0635. The molecule has 0 aromatic rings. The normalized spacial score (nSPS) is 11.5. The van der Waals surface area contributed by atoms with Crippen LogP contribution in [0.3, 0.4) is 0 Å². The monoisotopic (exact) mass is 796 g/mol. The summed E-state index contributed by atoms with van der Waals surface area (Å²) in [5.74, 6) is 0.513. The van der Waals surface area contributed by atoms with E-state index >= 15 is 0 Å². The molecule has 0 radical (unpaired) electrons. The molecule has 308 valence electrons. The maximum absolute atomic E-state index is 13.1. The lowest BCUT2D eigenvalue weighted by Gasteiger charge is -2.17. The van der Waals surface area contributed by atoms with Crippen LogP contribution in [0.15, 0.2) is 0 Å². The molecule has 4 amide bonds. The fraction of sp³-hybridized carbons (Fsp3) is 0.829. The van der Waals surface area contributed by atoms with E-state index in [1.54, 1.807) is 14.2 Å². The average molecular weight is 797 g/mol. The van der Waals surface area contributed by atoms with E-state index < -0.39 is 5.92 Å². The van der Waals surface area contributed by atoms with Gasteiger partial charge < -0.3 is 49.7 Å². The summed E-state index contributed by atoms with van der Waals surface area (Å²) >= 11 is 2.75. The van der Waals surface area contributed by atoms with Crippen molar-refractivity contribution in [1.82, 2.24) is 21.3 Å². The lowest BCUT2D eigenvalue weighted by atomic mass is 9.94. The summed E-state index contributed by atoms with van der Waals surface area (Å²) in [6.07, 6.45) is 2.82. The second-order valence-corrected chi connectivity index (χ2v) is 14.0. The molecule has 53 heavy (non-hydrogen) atoms.